The first-order chi connectivity index (χ1) is 14.1. The predicted molar refractivity (Wildman–Crippen MR) is 117 cm³/mol. The van der Waals surface area contributed by atoms with Gasteiger partial charge in [0.1, 0.15) is 0 Å². The molecule has 4 rings (SSSR count). The second-order valence-corrected chi connectivity index (χ2v) is 8.87. The Bertz CT molecular complexity index is 985. The Hall–Kier alpha value is -2.31. The van der Waals surface area contributed by atoms with E-state index < -0.39 is 0 Å². The predicted octanol–water partition coefficient (Wildman–Crippen LogP) is 4.75. The van der Waals surface area contributed by atoms with Crippen LogP contribution in [-0.2, 0) is 11.3 Å². The molecule has 0 bridgehead atoms. The van der Waals surface area contributed by atoms with Gasteiger partial charge in [-0.1, -0.05) is 65.8 Å². The zero-order valence-corrected chi connectivity index (χ0v) is 17.9. The smallest absolute Gasteiger partial charge is 0.235 e. The zero-order valence-electron chi connectivity index (χ0n) is 16.3. The molecule has 0 N–H and O–H groups in total. The van der Waals surface area contributed by atoms with Gasteiger partial charge in [-0.05, 0) is 37.5 Å². The van der Waals surface area contributed by atoms with Gasteiger partial charge in [0.25, 0.3) is 0 Å². The van der Waals surface area contributed by atoms with Crippen molar-refractivity contribution in [3.05, 3.63) is 65.2 Å². The SMILES string of the molecule is CC(Sc1nnc(-c2ccccc2Cl)n1Cc1ccccc1)C(=O)N1CCCC1. The van der Waals surface area contributed by atoms with Gasteiger partial charge in [0.05, 0.1) is 16.8 Å². The quantitative estimate of drug-likeness (QED) is 0.534. The van der Waals surface area contributed by atoms with Gasteiger partial charge in [-0.25, -0.2) is 0 Å². The summed E-state index contributed by atoms with van der Waals surface area (Å²) in [5.41, 5.74) is 1.98. The lowest BCUT2D eigenvalue weighted by Gasteiger charge is -2.20. The highest BCUT2D eigenvalue weighted by atomic mass is 35.5. The first-order valence-corrected chi connectivity index (χ1v) is 11.1. The molecule has 2 aromatic carbocycles. The van der Waals surface area contributed by atoms with Gasteiger partial charge < -0.3 is 4.90 Å². The number of rotatable bonds is 6. The number of nitrogens with zero attached hydrogens (tertiary/aromatic N) is 4. The molecule has 1 unspecified atom stereocenters. The molecule has 1 atom stereocenters. The largest absolute Gasteiger partial charge is 0.342 e. The van der Waals surface area contributed by atoms with Crippen LogP contribution >= 0.6 is 23.4 Å². The minimum atomic E-state index is -0.217. The Balaban J connectivity index is 1.66. The van der Waals surface area contributed by atoms with Crippen LogP contribution in [0.2, 0.25) is 5.02 Å². The van der Waals surface area contributed by atoms with Crippen LogP contribution in [0.15, 0.2) is 59.8 Å². The summed E-state index contributed by atoms with van der Waals surface area (Å²) in [6.07, 6.45) is 2.17. The third-order valence-corrected chi connectivity index (χ3v) is 6.46. The van der Waals surface area contributed by atoms with E-state index in [0.717, 1.165) is 42.2 Å². The number of carbonyl (C=O) groups excluding carboxylic acids is 1. The molecule has 29 heavy (non-hydrogen) atoms. The van der Waals surface area contributed by atoms with Crippen molar-refractivity contribution in [1.29, 1.82) is 0 Å². The summed E-state index contributed by atoms with van der Waals surface area (Å²) >= 11 is 7.90. The maximum Gasteiger partial charge on any atom is 0.235 e. The molecule has 1 fully saturated rings. The van der Waals surface area contributed by atoms with Crippen LogP contribution in [-0.4, -0.2) is 43.9 Å². The molecule has 2 heterocycles. The molecule has 0 saturated carbocycles. The van der Waals surface area contributed by atoms with E-state index in [4.69, 9.17) is 11.6 Å². The fourth-order valence-corrected chi connectivity index (χ4v) is 4.68. The van der Waals surface area contributed by atoms with Crippen molar-refractivity contribution < 1.29 is 4.79 Å². The van der Waals surface area contributed by atoms with Crippen molar-refractivity contribution in [3.63, 3.8) is 0 Å². The van der Waals surface area contributed by atoms with Gasteiger partial charge in [0.2, 0.25) is 5.91 Å². The van der Waals surface area contributed by atoms with Crippen molar-refractivity contribution in [2.45, 2.75) is 36.7 Å². The number of hydrogen-bond donors (Lipinski definition) is 0. The average molecular weight is 427 g/mol. The summed E-state index contributed by atoms with van der Waals surface area (Å²) in [5, 5.41) is 10.0. The fourth-order valence-electron chi connectivity index (χ4n) is 3.53. The van der Waals surface area contributed by atoms with E-state index in [0.29, 0.717) is 17.4 Å². The molecule has 0 radical (unpaired) electrons. The number of halogens is 1. The van der Waals surface area contributed by atoms with Crippen molar-refractivity contribution in [2.75, 3.05) is 13.1 Å². The normalized spacial score (nSPS) is 14.9. The standard InChI is InChI=1S/C22H23ClN4OS/c1-16(21(28)26-13-7-8-14-26)29-22-25-24-20(18-11-5-6-12-19(18)23)27(22)15-17-9-3-2-4-10-17/h2-6,9-12,16H,7-8,13-15H2,1H3. The molecule has 0 spiro atoms. The second-order valence-electron chi connectivity index (χ2n) is 7.15. The van der Waals surface area contributed by atoms with Crippen LogP contribution < -0.4 is 0 Å². The van der Waals surface area contributed by atoms with Crippen molar-refractivity contribution in [1.82, 2.24) is 19.7 Å². The van der Waals surface area contributed by atoms with E-state index in [9.17, 15) is 4.79 Å². The summed E-state index contributed by atoms with van der Waals surface area (Å²) in [5.74, 6) is 0.879. The van der Waals surface area contributed by atoms with Crippen LogP contribution in [0, 0.1) is 0 Å². The number of hydrogen-bond acceptors (Lipinski definition) is 4. The number of likely N-dealkylation sites (tertiary alicyclic amines) is 1. The molecule has 7 heteroatoms. The number of thioether (sulfide) groups is 1. The third-order valence-electron chi connectivity index (χ3n) is 5.06. The van der Waals surface area contributed by atoms with E-state index in [1.54, 1.807) is 0 Å². The highest BCUT2D eigenvalue weighted by molar-refractivity contribution is 8.00. The van der Waals surface area contributed by atoms with Crippen LogP contribution in [0.4, 0.5) is 0 Å². The average Bonchev–Trinajstić information content (AvgIpc) is 3.40. The molecule has 1 amide bonds. The summed E-state index contributed by atoms with van der Waals surface area (Å²) in [6.45, 7) is 4.26. The lowest BCUT2D eigenvalue weighted by Crippen LogP contribution is -2.34. The number of carbonyl (C=O) groups is 1. The van der Waals surface area contributed by atoms with Crippen LogP contribution in [0.3, 0.4) is 0 Å². The fraction of sp³-hybridized carbons (Fsp3) is 0.318. The number of aromatic nitrogens is 3. The summed E-state index contributed by atoms with van der Waals surface area (Å²) in [4.78, 5) is 14.7. The highest BCUT2D eigenvalue weighted by Gasteiger charge is 2.26. The Morgan fingerprint density at radius 1 is 1.07 bits per heavy atom. The second kappa shape index (κ2) is 9.01. The maximum absolute atomic E-state index is 12.8. The van der Waals surface area contributed by atoms with E-state index >= 15 is 0 Å². The van der Waals surface area contributed by atoms with Gasteiger partial charge in [-0.2, -0.15) is 0 Å². The Morgan fingerprint density at radius 3 is 2.48 bits per heavy atom. The Morgan fingerprint density at radius 2 is 1.76 bits per heavy atom. The first-order valence-electron chi connectivity index (χ1n) is 9.81. The van der Waals surface area contributed by atoms with Crippen molar-refractivity contribution in [3.8, 4) is 11.4 Å². The molecule has 3 aromatic rings. The van der Waals surface area contributed by atoms with Gasteiger partial charge in [0, 0.05) is 18.7 Å². The Kier molecular flexibility index (Phi) is 6.21. The van der Waals surface area contributed by atoms with Crippen LogP contribution in [0.5, 0.6) is 0 Å². The molecule has 5 nitrogen and oxygen atoms in total. The summed E-state index contributed by atoms with van der Waals surface area (Å²) in [7, 11) is 0. The van der Waals surface area contributed by atoms with E-state index in [1.165, 1.54) is 11.8 Å². The van der Waals surface area contributed by atoms with E-state index in [-0.39, 0.29) is 11.2 Å². The number of amides is 1. The topological polar surface area (TPSA) is 51.0 Å². The first kappa shape index (κ1) is 20.0. The van der Waals surface area contributed by atoms with E-state index in [1.807, 2.05) is 54.3 Å². The Labute approximate surface area is 180 Å². The molecular formula is C22H23ClN4OS. The van der Waals surface area contributed by atoms with Crippen molar-refractivity contribution >= 4 is 29.3 Å². The molecule has 1 aromatic heterocycles. The maximum atomic E-state index is 12.8. The van der Waals surface area contributed by atoms with Gasteiger partial charge in [-0.15, -0.1) is 10.2 Å². The van der Waals surface area contributed by atoms with Gasteiger partial charge in [-0.3, -0.25) is 9.36 Å². The molecule has 1 saturated heterocycles. The van der Waals surface area contributed by atoms with Gasteiger partial charge in [0.15, 0.2) is 11.0 Å². The molecule has 0 aliphatic carbocycles. The zero-order chi connectivity index (χ0) is 20.2. The highest BCUT2D eigenvalue weighted by Crippen LogP contribution is 2.32. The monoisotopic (exact) mass is 426 g/mol. The lowest BCUT2D eigenvalue weighted by molar-refractivity contribution is -0.129. The van der Waals surface area contributed by atoms with Crippen LogP contribution in [0.1, 0.15) is 25.3 Å². The molecule has 1 aliphatic heterocycles. The minimum absolute atomic E-state index is 0.168. The number of benzene rings is 2. The van der Waals surface area contributed by atoms with Crippen LogP contribution in [0.25, 0.3) is 11.4 Å². The molecular weight excluding hydrogens is 404 g/mol. The molecule has 1 aliphatic rings. The minimum Gasteiger partial charge on any atom is -0.342 e. The lowest BCUT2D eigenvalue weighted by atomic mass is 10.2. The summed E-state index contributed by atoms with van der Waals surface area (Å²) in [6, 6.07) is 17.8. The third kappa shape index (κ3) is 4.49. The van der Waals surface area contributed by atoms with E-state index in [2.05, 4.69) is 26.9 Å². The molecule has 150 valence electrons. The summed E-state index contributed by atoms with van der Waals surface area (Å²) < 4.78 is 2.05. The van der Waals surface area contributed by atoms with Crippen molar-refractivity contribution in [2.24, 2.45) is 0 Å². The van der Waals surface area contributed by atoms with Gasteiger partial charge >= 0.3 is 0 Å².